The number of hydrogen-bond donors (Lipinski definition) is 2. The number of ether oxygens (including phenoxy) is 1. The van der Waals surface area contributed by atoms with E-state index in [4.69, 9.17) is 4.74 Å². The van der Waals surface area contributed by atoms with Crippen LogP contribution in [0.2, 0.25) is 0 Å². The molecule has 0 atom stereocenters. The van der Waals surface area contributed by atoms with Crippen molar-refractivity contribution in [1.82, 2.24) is 10.6 Å². The lowest BCUT2D eigenvalue weighted by Crippen LogP contribution is -2.38. The molecule has 1 aromatic rings. The minimum Gasteiger partial charge on any atom is -0.378 e. The summed E-state index contributed by atoms with van der Waals surface area (Å²) in [5.74, 6) is 0.933. The van der Waals surface area contributed by atoms with E-state index in [-0.39, 0.29) is 0 Å². The van der Waals surface area contributed by atoms with E-state index in [1.807, 2.05) is 0 Å². The summed E-state index contributed by atoms with van der Waals surface area (Å²) in [6, 6.07) is 9.36. The normalized spacial score (nSPS) is 19.1. The maximum absolute atomic E-state index is 5.40. The van der Waals surface area contributed by atoms with Gasteiger partial charge in [0.15, 0.2) is 5.96 Å². The maximum atomic E-state index is 5.40. The highest BCUT2D eigenvalue weighted by molar-refractivity contribution is 5.80. The van der Waals surface area contributed by atoms with Crippen molar-refractivity contribution in [1.29, 1.82) is 0 Å². The van der Waals surface area contributed by atoms with E-state index in [1.165, 1.54) is 24.1 Å². The van der Waals surface area contributed by atoms with Crippen LogP contribution in [0.5, 0.6) is 0 Å². The Morgan fingerprint density at radius 1 is 1.23 bits per heavy atom. The number of aliphatic imine (C=N–C) groups is 1. The second-order valence-corrected chi connectivity index (χ2v) is 5.88. The summed E-state index contributed by atoms with van der Waals surface area (Å²) < 4.78 is 5.40. The van der Waals surface area contributed by atoms with Crippen molar-refractivity contribution in [3.63, 3.8) is 0 Å². The van der Waals surface area contributed by atoms with E-state index in [2.05, 4.69) is 51.7 Å². The Kier molecular flexibility index (Phi) is 5.16. The van der Waals surface area contributed by atoms with Crippen molar-refractivity contribution < 1.29 is 4.74 Å². The smallest absolute Gasteiger partial charge is 0.191 e. The summed E-state index contributed by atoms with van der Waals surface area (Å²) in [6.07, 6.45) is 2.53. The Balaban J connectivity index is 1.57. The largest absolute Gasteiger partial charge is 0.378 e. The van der Waals surface area contributed by atoms with E-state index in [0.717, 1.165) is 38.8 Å². The van der Waals surface area contributed by atoms with Crippen molar-refractivity contribution in [3.8, 4) is 0 Å². The molecule has 2 fully saturated rings. The first-order chi connectivity index (χ1) is 10.8. The highest BCUT2D eigenvalue weighted by atomic mass is 16.5. The number of nitrogens with one attached hydrogen (secondary N) is 2. The van der Waals surface area contributed by atoms with Crippen LogP contribution >= 0.6 is 0 Å². The molecule has 1 saturated carbocycles. The van der Waals surface area contributed by atoms with Crippen LogP contribution in [-0.2, 0) is 11.3 Å². The standard InChI is InChI=1S/C17H26N4O/c1-2-18-17(20-15-5-6-15)19-13-14-3-7-16(8-4-14)21-9-11-22-12-10-21/h3-4,7-8,15H,2,5-6,9-13H2,1H3,(H2,18,19,20). The van der Waals surface area contributed by atoms with Crippen molar-refractivity contribution in [2.75, 3.05) is 37.7 Å². The average molecular weight is 302 g/mol. The molecule has 2 N–H and O–H groups in total. The zero-order valence-electron chi connectivity index (χ0n) is 13.3. The first-order valence-corrected chi connectivity index (χ1v) is 8.31. The number of guanidine groups is 1. The van der Waals surface area contributed by atoms with E-state index in [0.29, 0.717) is 12.6 Å². The van der Waals surface area contributed by atoms with Gasteiger partial charge in [-0.1, -0.05) is 12.1 Å². The second-order valence-electron chi connectivity index (χ2n) is 5.88. The molecule has 0 bridgehead atoms. The monoisotopic (exact) mass is 302 g/mol. The number of hydrogen-bond acceptors (Lipinski definition) is 3. The molecular formula is C17H26N4O. The van der Waals surface area contributed by atoms with E-state index < -0.39 is 0 Å². The van der Waals surface area contributed by atoms with Crippen LogP contribution in [0, 0.1) is 0 Å². The first kappa shape index (κ1) is 15.2. The second kappa shape index (κ2) is 7.49. The van der Waals surface area contributed by atoms with Crippen LogP contribution in [0.1, 0.15) is 25.3 Å². The number of morpholine rings is 1. The molecule has 1 aliphatic carbocycles. The lowest BCUT2D eigenvalue weighted by molar-refractivity contribution is 0.122. The number of anilines is 1. The number of rotatable bonds is 5. The van der Waals surface area contributed by atoms with E-state index >= 15 is 0 Å². The van der Waals surface area contributed by atoms with Crippen LogP contribution in [0.4, 0.5) is 5.69 Å². The summed E-state index contributed by atoms with van der Waals surface area (Å²) in [5, 5.41) is 6.75. The topological polar surface area (TPSA) is 48.9 Å². The van der Waals surface area contributed by atoms with Crippen molar-refractivity contribution in [2.24, 2.45) is 4.99 Å². The Bertz CT molecular complexity index is 490. The van der Waals surface area contributed by atoms with Crippen LogP contribution in [0.3, 0.4) is 0 Å². The molecule has 0 aromatic heterocycles. The lowest BCUT2D eigenvalue weighted by atomic mass is 10.2. The quantitative estimate of drug-likeness (QED) is 0.642. The molecule has 0 unspecified atom stereocenters. The predicted octanol–water partition coefficient (Wildman–Crippen LogP) is 1.74. The first-order valence-electron chi connectivity index (χ1n) is 8.31. The van der Waals surface area contributed by atoms with Gasteiger partial charge in [0.1, 0.15) is 0 Å². The lowest BCUT2D eigenvalue weighted by Gasteiger charge is -2.28. The SMILES string of the molecule is CCNC(=NCc1ccc(N2CCOCC2)cc1)NC1CC1. The van der Waals surface area contributed by atoms with Crippen LogP contribution < -0.4 is 15.5 Å². The van der Waals surface area contributed by atoms with Gasteiger partial charge in [-0.05, 0) is 37.5 Å². The van der Waals surface area contributed by atoms with Crippen molar-refractivity contribution in [2.45, 2.75) is 32.4 Å². The molecule has 0 radical (unpaired) electrons. The van der Waals surface area contributed by atoms with Gasteiger partial charge in [-0.3, -0.25) is 0 Å². The van der Waals surface area contributed by atoms with Gasteiger partial charge in [0.2, 0.25) is 0 Å². The molecule has 1 aliphatic heterocycles. The van der Waals surface area contributed by atoms with Crippen LogP contribution in [0.25, 0.3) is 0 Å². The van der Waals surface area contributed by atoms with Crippen LogP contribution in [-0.4, -0.2) is 44.8 Å². The molecule has 0 spiro atoms. The van der Waals surface area contributed by atoms with Crippen molar-refractivity contribution >= 4 is 11.6 Å². The fraction of sp³-hybridized carbons (Fsp3) is 0.588. The minimum absolute atomic E-state index is 0.626. The molecule has 5 nitrogen and oxygen atoms in total. The Labute approximate surface area is 132 Å². The van der Waals surface area contributed by atoms with Gasteiger partial charge < -0.3 is 20.3 Å². The summed E-state index contributed by atoms with van der Waals surface area (Å²) in [4.78, 5) is 7.04. The van der Waals surface area contributed by atoms with Gasteiger partial charge in [0, 0.05) is 31.4 Å². The highest BCUT2D eigenvalue weighted by Gasteiger charge is 2.22. The molecule has 1 saturated heterocycles. The van der Waals surface area contributed by atoms with Crippen molar-refractivity contribution in [3.05, 3.63) is 29.8 Å². The zero-order valence-corrected chi connectivity index (χ0v) is 13.3. The summed E-state index contributed by atoms with van der Waals surface area (Å²) in [7, 11) is 0. The third-order valence-corrected chi connectivity index (χ3v) is 3.99. The molecule has 120 valence electrons. The van der Waals surface area contributed by atoms with E-state index in [9.17, 15) is 0 Å². The predicted molar refractivity (Wildman–Crippen MR) is 90.4 cm³/mol. The highest BCUT2D eigenvalue weighted by Crippen LogP contribution is 2.19. The third kappa shape index (κ3) is 4.37. The van der Waals surface area contributed by atoms with Crippen LogP contribution in [0.15, 0.2) is 29.3 Å². The van der Waals surface area contributed by atoms with Gasteiger partial charge in [-0.2, -0.15) is 0 Å². The maximum Gasteiger partial charge on any atom is 0.191 e. The number of nitrogens with zero attached hydrogens (tertiary/aromatic N) is 2. The van der Waals surface area contributed by atoms with Gasteiger partial charge in [0.25, 0.3) is 0 Å². The molecular weight excluding hydrogens is 276 g/mol. The van der Waals surface area contributed by atoms with E-state index in [1.54, 1.807) is 0 Å². The summed E-state index contributed by atoms with van der Waals surface area (Å²) >= 11 is 0. The Morgan fingerprint density at radius 2 is 1.95 bits per heavy atom. The summed E-state index contributed by atoms with van der Waals surface area (Å²) in [5.41, 5.74) is 2.52. The molecule has 1 heterocycles. The fourth-order valence-electron chi connectivity index (χ4n) is 2.55. The average Bonchev–Trinajstić information content (AvgIpc) is 3.38. The fourth-order valence-corrected chi connectivity index (χ4v) is 2.55. The molecule has 22 heavy (non-hydrogen) atoms. The Hall–Kier alpha value is -1.75. The molecule has 0 amide bonds. The van der Waals surface area contributed by atoms with Gasteiger partial charge in [-0.15, -0.1) is 0 Å². The summed E-state index contributed by atoms with van der Waals surface area (Å²) in [6.45, 7) is 7.32. The van der Waals surface area contributed by atoms with Gasteiger partial charge >= 0.3 is 0 Å². The Morgan fingerprint density at radius 3 is 2.59 bits per heavy atom. The minimum atomic E-state index is 0.626. The van der Waals surface area contributed by atoms with Gasteiger partial charge in [-0.25, -0.2) is 4.99 Å². The third-order valence-electron chi connectivity index (χ3n) is 3.99. The molecule has 2 aliphatic rings. The number of benzene rings is 1. The zero-order chi connectivity index (χ0) is 15.2. The van der Waals surface area contributed by atoms with Gasteiger partial charge in [0.05, 0.1) is 19.8 Å². The molecule has 5 heteroatoms. The molecule has 1 aromatic carbocycles. The molecule has 3 rings (SSSR count).